The van der Waals surface area contributed by atoms with Gasteiger partial charge in [0.15, 0.2) is 0 Å². The van der Waals surface area contributed by atoms with Crippen molar-refractivity contribution in [2.45, 2.75) is 19.6 Å². The molecule has 1 aromatic heterocycles. The number of aromatic nitrogens is 1. The van der Waals surface area contributed by atoms with Gasteiger partial charge in [0.1, 0.15) is 29.7 Å². The third-order valence-electron chi connectivity index (χ3n) is 8.56. The second-order valence-electron chi connectivity index (χ2n) is 12.2. The minimum atomic E-state index is -0.288. The first-order chi connectivity index (χ1) is 24.9. The minimum Gasteiger partial charge on any atom is -0.497 e. The minimum absolute atomic E-state index is 0.0235. The summed E-state index contributed by atoms with van der Waals surface area (Å²) in [4.78, 5) is 21.5. The Bertz CT molecular complexity index is 1900. The van der Waals surface area contributed by atoms with E-state index in [-0.39, 0.29) is 11.7 Å². The Labute approximate surface area is 303 Å². The molecule has 5 aromatic rings. The van der Waals surface area contributed by atoms with E-state index in [2.05, 4.69) is 39.5 Å². The molecule has 1 fully saturated rings. The van der Waals surface area contributed by atoms with Crippen LogP contribution in [0.3, 0.4) is 0 Å². The van der Waals surface area contributed by atoms with Gasteiger partial charge in [-0.2, -0.15) is 0 Å². The average molecular weight is 707 g/mol. The van der Waals surface area contributed by atoms with Crippen LogP contribution in [0.1, 0.15) is 22.3 Å². The number of hydrogen-bond donors (Lipinski definition) is 1. The Morgan fingerprint density at radius 2 is 1.57 bits per heavy atom. The predicted octanol–water partition coefficient (Wildman–Crippen LogP) is 8.27. The lowest BCUT2D eigenvalue weighted by molar-refractivity contribution is -0.127. The number of hydrogen-bond acceptors (Lipinski definition) is 7. The number of carbonyl (C=O) groups is 1. The van der Waals surface area contributed by atoms with Crippen LogP contribution in [0.4, 0.5) is 10.1 Å². The largest absolute Gasteiger partial charge is 0.497 e. The zero-order valence-corrected chi connectivity index (χ0v) is 29.2. The van der Waals surface area contributed by atoms with Crippen molar-refractivity contribution in [1.82, 2.24) is 14.8 Å². The van der Waals surface area contributed by atoms with Crippen molar-refractivity contribution in [3.05, 3.63) is 148 Å². The van der Waals surface area contributed by atoms with Crippen LogP contribution in [0, 0.1) is 5.82 Å². The third-order valence-corrected chi connectivity index (χ3v) is 8.86. The summed E-state index contributed by atoms with van der Waals surface area (Å²) in [6.45, 7) is 5.00. The summed E-state index contributed by atoms with van der Waals surface area (Å²) in [6, 6.07) is 31.7. The predicted molar refractivity (Wildman–Crippen MR) is 199 cm³/mol. The molecule has 262 valence electrons. The van der Waals surface area contributed by atoms with Crippen LogP contribution >= 0.6 is 11.6 Å². The number of pyridine rings is 1. The summed E-state index contributed by atoms with van der Waals surface area (Å²) >= 11 is 6.50. The van der Waals surface area contributed by atoms with Crippen LogP contribution < -0.4 is 19.5 Å². The molecule has 0 bridgehead atoms. The average Bonchev–Trinajstić information content (AvgIpc) is 3.16. The van der Waals surface area contributed by atoms with E-state index in [9.17, 15) is 9.18 Å². The number of nitrogens with zero attached hydrogens (tertiary/aromatic N) is 3. The number of piperazine rings is 1. The van der Waals surface area contributed by atoms with E-state index in [0.29, 0.717) is 42.1 Å². The Morgan fingerprint density at radius 3 is 2.25 bits per heavy atom. The fraction of sp³-hybridized carbons (Fsp3) is 0.220. The highest BCUT2D eigenvalue weighted by Crippen LogP contribution is 2.30. The van der Waals surface area contributed by atoms with Crippen LogP contribution in [-0.2, 0) is 24.4 Å². The lowest BCUT2D eigenvalue weighted by atomic mass is 10.1. The molecule has 8 nitrogen and oxygen atoms in total. The smallest absolute Gasteiger partial charge is 0.246 e. The van der Waals surface area contributed by atoms with Crippen molar-refractivity contribution in [3.63, 3.8) is 0 Å². The van der Waals surface area contributed by atoms with Crippen molar-refractivity contribution in [2.24, 2.45) is 0 Å². The van der Waals surface area contributed by atoms with Gasteiger partial charge in [0, 0.05) is 57.1 Å². The summed E-state index contributed by atoms with van der Waals surface area (Å²) in [5, 5.41) is 3.85. The van der Waals surface area contributed by atoms with Crippen molar-refractivity contribution < 1.29 is 23.4 Å². The molecule has 0 spiro atoms. The molecule has 0 atom stereocenters. The van der Waals surface area contributed by atoms with Gasteiger partial charge in [-0.1, -0.05) is 54.1 Å². The summed E-state index contributed by atoms with van der Waals surface area (Å²) < 4.78 is 29.9. The normalized spacial score (nSPS) is 13.3. The standard InChI is InChI=1S/C41H40ClFN4O4/c1-49-36-14-12-35(13-15-36)44-21-20-30-2-4-32(5-3-30)28-46-22-24-47(25-23-46)41(48)19-9-31-8-17-39(38(42)26-31)51-40-18-16-37(27-45-40)50-29-33-6-10-34(43)11-7-33/h2-19,26-27,44H,20-25,28-29H2,1H3. The summed E-state index contributed by atoms with van der Waals surface area (Å²) in [5.41, 5.74) is 5.28. The van der Waals surface area contributed by atoms with Gasteiger partial charge >= 0.3 is 0 Å². The van der Waals surface area contributed by atoms with E-state index in [1.807, 2.05) is 35.2 Å². The number of anilines is 1. The maximum absolute atomic E-state index is 13.1. The Morgan fingerprint density at radius 1 is 0.863 bits per heavy atom. The molecule has 10 heteroatoms. The van der Waals surface area contributed by atoms with Crippen molar-refractivity contribution >= 4 is 29.3 Å². The van der Waals surface area contributed by atoms with Gasteiger partial charge in [-0.25, -0.2) is 9.37 Å². The van der Waals surface area contributed by atoms with Crippen LogP contribution in [-0.4, -0.2) is 60.5 Å². The van der Waals surface area contributed by atoms with E-state index >= 15 is 0 Å². The third kappa shape index (κ3) is 10.6. The first-order valence-corrected chi connectivity index (χ1v) is 17.2. The molecule has 1 aliphatic rings. The highest BCUT2D eigenvalue weighted by Gasteiger charge is 2.19. The molecular formula is C41H40ClFN4O4. The summed E-state index contributed by atoms with van der Waals surface area (Å²) in [5.74, 6) is 1.90. The Balaban J connectivity index is 0.905. The van der Waals surface area contributed by atoms with Crippen LogP contribution in [0.15, 0.2) is 115 Å². The molecule has 0 radical (unpaired) electrons. The fourth-order valence-electron chi connectivity index (χ4n) is 5.60. The molecular weight excluding hydrogens is 667 g/mol. The van der Waals surface area contributed by atoms with Gasteiger partial charge in [-0.05, 0) is 89.3 Å². The zero-order chi connectivity index (χ0) is 35.4. The molecule has 0 unspecified atom stereocenters. The first-order valence-electron chi connectivity index (χ1n) is 16.9. The lowest BCUT2D eigenvalue weighted by Crippen LogP contribution is -2.47. The highest BCUT2D eigenvalue weighted by atomic mass is 35.5. The first kappa shape index (κ1) is 35.4. The second kappa shape index (κ2) is 17.5. The zero-order valence-electron chi connectivity index (χ0n) is 28.4. The number of amides is 1. The van der Waals surface area contributed by atoms with Gasteiger partial charge in [0.25, 0.3) is 0 Å². The molecule has 1 aliphatic heterocycles. The number of nitrogens with one attached hydrogen (secondary N) is 1. The van der Waals surface area contributed by atoms with E-state index in [1.165, 1.54) is 23.3 Å². The highest BCUT2D eigenvalue weighted by molar-refractivity contribution is 6.32. The van der Waals surface area contributed by atoms with E-state index in [1.54, 1.807) is 61.9 Å². The molecule has 2 heterocycles. The topological polar surface area (TPSA) is 76.2 Å². The van der Waals surface area contributed by atoms with Gasteiger partial charge < -0.3 is 24.4 Å². The maximum atomic E-state index is 13.1. The second-order valence-corrected chi connectivity index (χ2v) is 12.6. The molecule has 4 aromatic carbocycles. The lowest BCUT2D eigenvalue weighted by Gasteiger charge is -2.34. The van der Waals surface area contributed by atoms with Crippen molar-refractivity contribution in [3.8, 4) is 23.1 Å². The molecule has 51 heavy (non-hydrogen) atoms. The van der Waals surface area contributed by atoms with E-state index in [4.69, 9.17) is 25.8 Å². The number of methoxy groups -OCH3 is 1. The monoisotopic (exact) mass is 706 g/mol. The van der Waals surface area contributed by atoms with Gasteiger partial charge in [0.2, 0.25) is 11.8 Å². The molecule has 1 amide bonds. The Kier molecular flexibility index (Phi) is 12.2. The van der Waals surface area contributed by atoms with E-state index in [0.717, 1.165) is 55.2 Å². The van der Waals surface area contributed by atoms with Crippen LogP contribution in [0.2, 0.25) is 5.02 Å². The van der Waals surface area contributed by atoms with Crippen LogP contribution in [0.5, 0.6) is 23.1 Å². The number of ether oxygens (including phenoxy) is 3. The number of carbonyl (C=O) groups excluding carboxylic acids is 1. The summed E-state index contributed by atoms with van der Waals surface area (Å²) in [6.07, 6.45) is 5.86. The van der Waals surface area contributed by atoms with Gasteiger partial charge in [-0.15, -0.1) is 0 Å². The van der Waals surface area contributed by atoms with Crippen molar-refractivity contribution in [1.29, 1.82) is 0 Å². The number of halogens is 2. The van der Waals surface area contributed by atoms with Crippen LogP contribution in [0.25, 0.3) is 6.08 Å². The molecule has 0 saturated carbocycles. The maximum Gasteiger partial charge on any atom is 0.246 e. The molecule has 1 N–H and O–H groups in total. The SMILES string of the molecule is COc1ccc(NCCc2ccc(CN3CCN(C(=O)C=Cc4ccc(Oc5ccc(OCc6ccc(F)cc6)cn5)c(Cl)c4)CC3)cc2)cc1. The number of rotatable bonds is 14. The van der Waals surface area contributed by atoms with Gasteiger partial charge in [-0.3, -0.25) is 9.69 Å². The summed E-state index contributed by atoms with van der Waals surface area (Å²) in [7, 11) is 1.67. The number of benzene rings is 4. The quantitative estimate of drug-likeness (QED) is 0.117. The van der Waals surface area contributed by atoms with E-state index < -0.39 is 0 Å². The molecule has 1 saturated heterocycles. The fourth-order valence-corrected chi connectivity index (χ4v) is 5.83. The molecule has 6 rings (SSSR count). The molecule has 0 aliphatic carbocycles. The van der Waals surface area contributed by atoms with Crippen molar-refractivity contribution in [2.75, 3.05) is 45.2 Å². The Hall–Kier alpha value is -5.38. The van der Waals surface area contributed by atoms with Gasteiger partial charge in [0.05, 0.1) is 18.3 Å².